The summed E-state index contributed by atoms with van der Waals surface area (Å²) in [5, 5.41) is 9.01. The van der Waals surface area contributed by atoms with Crippen LogP contribution in [0, 0.1) is 11.3 Å². The Morgan fingerprint density at radius 2 is 2.38 bits per heavy atom. The van der Waals surface area contributed by atoms with Crippen LogP contribution in [0.4, 0.5) is 8.78 Å². The molecule has 0 bridgehead atoms. The van der Waals surface area contributed by atoms with Gasteiger partial charge in [-0.2, -0.15) is 18.4 Å². The standard InChI is InChI=1S/C9H8F2N2S3/c1-5(2)4-14-8-6(3-12)7(13-16-8)15-9(10)11/h9H,1,4H2,2H3. The normalized spacial score (nSPS) is 10.4. The Morgan fingerprint density at radius 1 is 1.69 bits per heavy atom. The molecule has 0 unspecified atom stereocenters. The number of nitrogens with zero attached hydrogens (tertiary/aromatic N) is 2. The molecule has 86 valence electrons. The molecule has 0 aliphatic carbocycles. The van der Waals surface area contributed by atoms with Crippen LogP contribution in [0.5, 0.6) is 0 Å². The van der Waals surface area contributed by atoms with Crippen molar-refractivity contribution in [2.24, 2.45) is 0 Å². The highest BCUT2D eigenvalue weighted by Gasteiger charge is 2.18. The van der Waals surface area contributed by atoms with Gasteiger partial charge < -0.3 is 0 Å². The summed E-state index contributed by atoms with van der Waals surface area (Å²) >= 11 is 2.80. The van der Waals surface area contributed by atoms with Crippen molar-refractivity contribution in [1.29, 1.82) is 5.26 Å². The monoisotopic (exact) mass is 278 g/mol. The Kier molecular flexibility index (Phi) is 5.25. The molecule has 1 heterocycles. The molecule has 7 heteroatoms. The van der Waals surface area contributed by atoms with E-state index >= 15 is 0 Å². The van der Waals surface area contributed by atoms with Gasteiger partial charge in [-0.3, -0.25) is 0 Å². The van der Waals surface area contributed by atoms with Crippen LogP contribution in [-0.4, -0.2) is 15.9 Å². The smallest absolute Gasteiger partial charge is 0.198 e. The highest BCUT2D eigenvalue weighted by molar-refractivity contribution is 8.01. The number of rotatable bonds is 5. The highest BCUT2D eigenvalue weighted by atomic mass is 32.2. The van der Waals surface area contributed by atoms with Gasteiger partial charge in [0.2, 0.25) is 0 Å². The van der Waals surface area contributed by atoms with Crippen molar-refractivity contribution < 1.29 is 8.78 Å². The SMILES string of the molecule is C=C(C)CSc1snc(SC(F)F)c1C#N. The summed E-state index contributed by atoms with van der Waals surface area (Å²) in [4.78, 5) is 0. The van der Waals surface area contributed by atoms with E-state index in [0.29, 0.717) is 21.7 Å². The van der Waals surface area contributed by atoms with Gasteiger partial charge in [-0.15, -0.1) is 11.8 Å². The van der Waals surface area contributed by atoms with Gasteiger partial charge in [0.15, 0.2) is 0 Å². The summed E-state index contributed by atoms with van der Waals surface area (Å²) < 4.78 is 28.8. The lowest BCUT2D eigenvalue weighted by Crippen LogP contribution is -1.85. The molecule has 2 nitrogen and oxygen atoms in total. The van der Waals surface area contributed by atoms with Crippen LogP contribution in [-0.2, 0) is 0 Å². The molecule has 0 aliphatic rings. The van der Waals surface area contributed by atoms with Crippen LogP contribution < -0.4 is 0 Å². The van der Waals surface area contributed by atoms with Crippen LogP contribution in [0.25, 0.3) is 0 Å². The molecule has 1 aromatic heterocycles. The predicted octanol–water partition coefficient (Wildman–Crippen LogP) is 4.00. The molecule has 0 amide bonds. The van der Waals surface area contributed by atoms with Gasteiger partial charge in [-0.1, -0.05) is 12.2 Å². The third-order valence-electron chi connectivity index (χ3n) is 1.39. The first-order valence-corrected chi connectivity index (χ1v) is 6.80. The summed E-state index contributed by atoms with van der Waals surface area (Å²) in [6, 6.07) is 1.92. The third-order valence-corrected chi connectivity index (χ3v) is 4.53. The number of hydrogen-bond acceptors (Lipinski definition) is 5. The minimum atomic E-state index is -2.55. The molecule has 0 saturated heterocycles. The number of halogens is 2. The van der Waals surface area contributed by atoms with E-state index in [1.54, 1.807) is 0 Å². The topological polar surface area (TPSA) is 36.7 Å². The maximum absolute atomic E-state index is 12.2. The van der Waals surface area contributed by atoms with E-state index in [9.17, 15) is 8.78 Å². The van der Waals surface area contributed by atoms with Crippen molar-refractivity contribution in [3.05, 3.63) is 17.7 Å². The van der Waals surface area contributed by atoms with Gasteiger partial charge in [0, 0.05) is 5.75 Å². The first kappa shape index (κ1) is 13.5. The first-order chi connectivity index (χ1) is 7.54. The second-order valence-corrected chi connectivity index (χ2v) is 5.88. The summed E-state index contributed by atoms with van der Waals surface area (Å²) in [5.41, 5.74) is 1.21. The van der Waals surface area contributed by atoms with E-state index < -0.39 is 5.76 Å². The van der Waals surface area contributed by atoms with Gasteiger partial charge in [-0.05, 0) is 30.2 Å². The molecule has 16 heavy (non-hydrogen) atoms. The quantitative estimate of drug-likeness (QED) is 0.602. The first-order valence-electron chi connectivity index (χ1n) is 4.16. The number of nitriles is 1. The van der Waals surface area contributed by atoms with E-state index in [1.165, 1.54) is 11.8 Å². The van der Waals surface area contributed by atoms with Crippen LogP contribution in [0.15, 0.2) is 21.4 Å². The highest BCUT2D eigenvalue weighted by Crippen LogP contribution is 2.36. The molecule has 0 saturated carbocycles. The van der Waals surface area contributed by atoms with E-state index in [0.717, 1.165) is 17.1 Å². The van der Waals surface area contributed by atoms with Gasteiger partial charge in [-0.25, -0.2) is 0 Å². The Bertz CT molecular complexity index is 423. The van der Waals surface area contributed by atoms with Gasteiger partial charge in [0.05, 0.1) is 4.21 Å². The van der Waals surface area contributed by atoms with Crippen LogP contribution in [0.1, 0.15) is 12.5 Å². The second kappa shape index (κ2) is 6.23. The molecule has 0 spiro atoms. The van der Waals surface area contributed by atoms with Crippen LogP contribution in [0.2, 0.25) is 0 Å². The largest absolute Gasteiger partial charge is 0.290 e. The molecule has 0 radical (unpaired) electrons. The molecular weight excluding hydrogens is 270 g/mol. The molecule has 0 aromatic carbocycles. The molecule has 0 atom stereocenters. The minimum absolute atomic E-state index is 0.117. The lowest BCUT2D eigenvalue weighted by molar-refractivity contribution is 0.252. The Morgan fingerprint density at radius 3 is 2.88 bits per heavy atom. The predicted molar refractivity (Wildman–Crippen MR) is 64.2 cm³/mol. The average Bonchev–Trinajstić information content (AvgIpc) is 2.56. The Hall–Kier alpha value is -0.580. The zero-order valence-corrected chi connectivity index (χ0v) is 10.8. The summed E-state index contributed by atoms with van der Waals surface area (Å²) in [7, 11) is 0. The fourth-order valence-electron chi connectivity index (χ4n) is 0.807. The molecule has 1 aromatic rings. The lowest BCUT2D eigenvalue weighted by Gasteiger charge is -1.98. The average molecular weight is 278 g/mol. The van der Waals surface area contributed by atoms with E-state index in [-0.39, 0.29) is 10.6 Å². The van der Waals surface area contributed by atoms with Crippen molar-refractivity contribution in [3.8, 4) is 6.07 Å². The van der Waals surface area contributed by atoms with Crippen molar-refractivity contribution in [2.45, 2.75) is 21.9 Å². The number of alkyl halides is 2. The molecule has 0 aliphatic heterocycles. The number of thioether (sulfide) groups is 2. The summed E-state index contributed by atoms with van der Waals surface area (Å²) in [6.45, 7) is 5.61. The Balaban J connectivity index is 2.83. The lowest BCUT2D eigenvalue weighted by atomic mass is 10.4. The fourth-order valence-corrected chi connectivity index (χ4v) is 3.31. The fraction of sp³-hybridized carbons (Fsp3) is 0.333. The maximum Gasteiger partial charge on any atom is 0.290 e. The number of aromatic nitrogens is 1. The minimum Gasteiger partial charge on any atom is -0.198 e. The third kappa shape index (κ3) is 3.77. The van der Waals surface area contributed by atoms with Gasteiger partial charge in [0.25, 0.3) is 5.76 Å². The van der Waals surface area contributed by atoms with Crippen molar-refractivity contribution in [2.75, 3.05) is 5.75 Å². The molecular formula is C9H8F2N2S3. The Labute approximate surface area is 105 Å². The maximum atomic E-state index is 12.2. The van der Waals surface area contributed by atoms with E-state index in [4.69, 9.17) is 5.26 Å². The van der Waals surface area contributed by atoms with Crippen LogP contribution >= 0.6 is 35.1 Å². The zero-order valence-electron chi connectivity index (χ0n) is 8.37. The molecule has 0 N–H and O–H groups in total. The second-order valence-electron chi connectivity index (χ2n) is 2.89. The van der Waals surface area contributed by atoms with Gasteiger partial charge >= 0.3 is 0 Å². The molecule has 0 fully saturated rings. The summed E-state index contributed by atoms with van der Waals surface area (Å²) in [6.07, 6.45) is 0. The van der Waals surface area contributed by atoms with E-state index in [1.807, 2.05) is 13.0 Å². The van der Waals surface area contributed by atoms with Crippen molar-refractivity contribution >= 4 is 35.1 Å². The number of hydrogen-bond donors (Lipinski definition) is 0. The van der Waals surface area contributed by atoms with Crippen LogP contribution in [0.3, 0.4) is 0 Å². The van der Waals surface area contributed by atoms with E-state index in [2.05, 4.69) is 11.0 Å². The van der Waals surface area contributed by atoms with Crippen molar-refractivity contribution in [1.82, 2.24) is 4.37 Å². The van der Waals surface area contributed by atoms with Crippen molar-refractivity contribution in [3.63, 3.8) is 0 Å². The summed E-state index contributed by atoms with van der Waals surface area (Å²) in [5.74, 6) is -1.89. The molecule has 1 rings (SSSR count). The van der Waals surface area contributed by atoms with Gasteiger partial charge in [0.1, 0.15) is 16.7 Å². The zero-order chi connectivity index (χ0) is 12.1.